The van der Waals surface area contributed by atoms with E-state index in [2.05, 4.69) is 46.7 Å². The quantitative estimate of drug-likeness (QED) is 0.550. The van der Waals surface area contributed by atoms with Crippen molar-refractivity contribution in [3.05, 3.63) is 76.1 Å². The van der Waals surface area contributed by atoms with Gasteiger partial charge >= 0.3 is 0 Å². The minimum absolute atomic E-state index is 0.224. The molecule has 0 aliphatic heterocycles. The van der Waals surface area contributed by atoms with Gasteiger partial charge in [-0.2, -0.15) is 0 Å². The van der Waals surface area contributed by atoms with E-state index in [9.17, 15) is 4.79 Å². The monoisotopic (exact) mass is 414 g/mol. The zero-order valence-electron chi connectivity index (χ0n) is 16.1. The normalized spacial score (nSPS) is 12.0. The molecule has 1 heterocycles. The first kappa shape index (κ1) is 20.4. The van der Waals surface area contributed by atoms with Crippen molar-refractivity contribution in [1.82, 2.24) is 20.1 Å². The lowest BCUT2D eigenvalue weighted by atomic mass is 10.2. The summed E-state index contributed by atoms with van der Waals surface area (Å²) in [6, 6.07) is 15.2. The van der Waals surface area contributed by atoms with E-state index < -0.39 is 0 Å². The van der Waals surface area contributed by atoms with E-state index in [1.165, 1.54) is 11.1 Å². The molecule has 0 saturated carbocycles. The summed E-state index contributed by atoms with van der Waals surface area (Å²) in [6.07, 6.45) is 0. The van der Waals surface area contributed by atoms with E-state index in [-0.39, 0.29) is 11.9 Å². The van der Waals surface area contributed by atoms with Crippen LogP contribution in [0.1, 0.15) is 47.2 Å². The van der Waals surface area contributed by atoms with Crippen LogP contribution in [-0.2, 0) is 12.3 Å². The maximum absolute atomic E-state index is 12.5. The number of carbonyl (C=O) groups excluding carboxylic acids is 1. The molecule has 1 atom stereocenters. The van der Waals surface area contributed by atoms with Gasteiger partial charge in [0.2, 0.25) is 0 Å². The predicted molar refractivity (Wildman–Crippen MR) is 114 cm³/mol. The fourth-order valence-corrected chi connectivity index (χ4v) is 4.03. The van der Waals surface area contributed by atoms with Gasteiger partial charge in [-0.25, -0.2) is 0 Å². The van der Waals surface area contributed by atoms with Gasteiger partial charge in [-0.15, -0.1) is 10.2 Å². The van der Waals surface area contributed by atoms with Crippen molar-refractivity contribution in [2.24, 2.45) is 0 Å². The van der Waals surface area contributed by atoms with Gasteiger partial charge in [-0.05, 0) is 38.5 Å². The van der Waals surface area contributed by atoms with Crippen LogP contribution in [0.25, 0.3) is 0 Å². The Morgan fingerprint density at radius 1 is 1.18 bits per heavy atom. The van der Waals surface area contributed by atoms with Crippen LogP contribution in [0, 0.1) is 6.92 Å². The van der Waals surface area contributed by atoms with E-state index in [0.717, 1.165) is 23.3 Å². The minimum Gasteiger partial charge on any atom is -0.342 e. The second kappa shape index (κ2) is 9.26. The average molecular weight is 415 g/mol. The molecule has 0 unspecified atom stereocenters. The minimum atomic E-state index is -0.287. The van der Waals surface area contributed by atoms with Crippen molar-refractivity contribution in [3.63, 3.8) is 0 Å². The Kier molecular flexibility index (Phi) is 6.75. The Balaban J connectivity index is 1.70. The highest BCUT2D eigenvalue weighted by atomic mass is 35.5. The van der Waals surface area contributed by atoms with E-state index in [1.54, 1.807) is 36.0 Å². The van der Waals surface area contributed by atoms with Crippen molar-refractivity contribution >= 4 is 29.3 Å². The largest absolute Gasteiger partial charge is 0.342 e. The van der Waals surface area contributed by atoms with Gasteiger partial charge in [-0.3, -0.25) is 4.79 Å². The Morgan fingerprint density at radius 2 is 1.89 bits per heavy atom. The number of amides is 1. The maximum atomic E-state index is 12.5. The van der Waals surface area contributed by atoms with Gasteiger partial charge in [-0.1, -0.05) is 65.3 Å². The zero-order valence-corrected chi connectivity index (χ0v) is 17.7. The molecule has 2 aromatic carbocycles. The number of hydrogen-bond acceptors (Lipinski definition) is 4. The van der Waals surface area contributed by atoms with Crippen LogP contribution in [0.15, 0.2) is 53.7 Å². The number of hydrogen-bond donors (Lipinski definition) is 1. The van der Waals surface area contributed by atoms with Gasteiger partial charge in [0.1, 0.15) is 0 Å². The van der Waals surface area contributed by atoms with Crippen LogP contribution < -0.4 is 5.32 Å². The number of thioether (sulfide) groups is 1. The molecular weight excluding hydrogens is 392 g/mol. The highest BCUT2D eigenvalue weighted by Gasteiger charge is 2.20. The summed E-state index contributed by atoms with van der Waals surface area (Å²) in [5.41, 5.74) is 2.94. The molecule has 0 aliphatic carbocycles. The molecule has 0 spiro atoms. The highest BCUT2D eigenvalue weighted by Crippen LogP contribution is 2.24. The first-order valence-corrected chi connectivity index (χ1v) is 10.5. The third kappa shape index (κ3) is 4.75. The molecule has 1 aromatic heterocycles. The van der Waals surface area contributed by atoms with Crippen molar-refractivity contribution < 1.29 is 4.79 Å². The summed E-state index contributed by atoms with van der Waals surface area (Å²) in [6.45, 7) is 6.75. The fourth-order valence-electron chi connectivity index (χ4n) is 2.84. The third-order valence-electron chi connectivity index (χ3n) is 4.40. The van der Waals surface area contributed by atoms with E-state index >= 15 is 0 Å². The average Bonchev–Trinajstić information content (AvgIpc) is 3.11. The molecule has 7 heteroatoms. The number of nitrogens with one attached hydrogen (secondary N) is 1. The predicted octanol–water partition coefficient (Wildman–Crippen LogP) is 5.04. The fraction of sp³-hybridized carbons (Fsp3) is 0.286. The SMILES string of the molecule is CCn1c(SCc2ccc(C)cc2)nnc1[C@H](C)NC(=O)c1ccccc1Cl. The molecule has 0 bridgehead atoms. The topological polar surface area (TPSA) is 59.8 Å². The van der Waals surface area contributed by atoms with E-state index in [4.69, 9.17) is 11.6 Å². The number of aromatic nitrogens is 3. The number of benzene rings is 2. The Morgan fingerprint density at radius 3 is 2.57 bits per heavy atom. The highest BCUT2D eigenvalue weighted by molar-refractivity contribution is 7.98. The first-order valence-electron chi connectivity index (χ1n) is 9.16. The van der Waals surface area contributed by atoms with Gasteiger partial charge < -0.3 is 9.88 Å². The number of rotatable bonds is 7. The van der Waals surface area contributed by atoms with Crippen molar-refractivity contribution in [2.45, 2.75) is 44.3 Å². The second-order valence-corrected chi connectivity index (χ2v) is 7.88. The van der Waals surface area contributed by atoms with Crippen molar-refractivity contribution in [3.8, 4) is 0 Å². The van der Waals surface area contributed by atoms with E-state index in [1.807, 2.05) is 18.4 Å². The van der Waals surface area contributed by atoms with Gasteiger partial charge in [0.05, 0.1) is 16.6 Å². The Hall–Kier alpha value is -2.31. The van der Waals surface area contributed by atoms with Crippen LogP contribution in [0.5, 0.6) is 0 Å². The lowest BCUT2D eigenvalue weighted by Crippen LogP contribution is -2.29. The van der Waals surface area contributed by atoms with Crippen molar-refractivity contribution in [2.75, 3.05) is 0 Å². The molecule has 0 radical (unpaired) electrons. The molecular formula is C21H23ClN4OS. The van der Waals surface area contributed by atoms with Crippen molar-refractivity contribution in [1.29, 1.82) is 0 Å². The summed E-state index contributed by atoms with van der Waals surface area (Å²) in [5, 5.41) is 12.9. The zero-order chi connectivity index (χ0) is 20.1. The number of carbonyl (C=O) groups is 1. The smallest absolute Gasteiger partial charge is 0.253 e. The first-order chi connectivity index (χ1) is 13.5. The summed E-state index contributed by atoms with van der Waals surface area (Å²) >= 11 is 7.77. The molecule has 1 amide bonds. The third-order valence-corrected chi connectivity index (χ3v) is 5.77. The molecule has 3 rings (SSSR count). The maximum Gasteiger partial charge on any atom is 0.253 e. The lowest BCUT2D eigenvalue weighted by molar-refractivity contribution is 0.0937. The summed E-state index contributed by atoms with van der Waals surface area (Å²) in [5.74, 6) is 1.32. The summed E-state index contributed by atoms with van der Waals surface area (Å²) in [4.78, 5) is 12.5. The van der Waals surface area contributed by atoms with Gasteiger partial charge in [0.25, 0.3) is 5.91 Å². The number of nitrogens with zero attached hydrogens (tertiary/aromatic N) is 3. The summed E-state index contributed by atoms with van der Waals surface area (Å²) < 4.78 is 2.04. The number of aryl methyl sites for hydroxylation is 1. The van der Waals surface area contributed by atoms with Crippen LogP contribution in [0.4, 0.5) is 0 Å². The second-order valence-electron chi connectivity index (χ2n) is 6.53. The lowest BCUT2D eigenvalue weighted by Gasteiger charge is -2.15. The molecule has 3 aromatic rings. The van der Waals surface area contributed by atoms with Crippen LogP contribution in [0.3, 0.4) is 0 Å². The van der Waals surface area contributed by atoms with Crippen LogP contribution in [-0.4, -0.2) is 20.7 Å². The Bertz CT molecular complexity index is 955. The molecule has 1 N–H and O–H groups in total. The molecule has 5 nitrogen and oxygen atoms in total. The molecule has 0 aliphatic rings. The van der Waals surface area contributed by atoms with Gasteiger partial charge in [0.15, 0.2) is 11.0 Å². The van der Waals surface area contributed by atoms with Crippen LogP contribution in [0.2, 0.25) is 5.02 Å². The molecule has 0 saturated heterocycles. The molecule has 146 valence electrons. The Labute approximate surface area is 174 Å². The standard InChI is InChI=1S/C21H23ClN4OS/c1-4-26-19(15(3)23-20(27)17-7-5-6-8-18(17)22)24-25-21(26)28-13-16-11-9-14(2)10-12-16/h5-12,15H,4,13H2,1-3H3,(H,23,27)/t15-/m0/s1. The van der Waals surface area contributed by atoms with Gasteiger partial charge in [0, 0.05) is 12.3 Å². The summed E-state index contributed by atoms with van der Waals surface area (Å²) in [7, 11) is 0. The van der Waals surface area contributed by atoms with E-state index in [0.29, 0.717) is 10.6 Å². The van der Waals surface area contributed by atoms with Crippen LogP contribution >= 0.6 is 23.4 Å². The molecule has 28 heavy (non-hydrogen) atoms. The number of halogens is 1. The molecule has 0 fully saturated rings.